The summed E-state index contributed by atoms with van der Waals surface area (Å²) in [6.45, 7) is 1.74. The number of hydrogen-bond donors (Lipinski definition) is 0. The zero-order valence-corrected chi connectivity index (χ0v) is 8.74. The zero-order chi connectivity index (χ0) is 10.2. The van der Waals surface area contributed by atoms with E-state index in [1.54, 1.807) is 31.2 Å². The highest BCUT2D eigenvalue weighted by atomic mass is 31.2. The summed E-state index contributed by atoms with van der Waals surface area (Å²) >= 11 is 0. The molecular formula is C10H11O3P. The molecular weight excluding hydrogens is 199 g/mol. The monoisotopic (exact) mass is 210 g/mol. The second kappa shape index (κ2) is 3.25. The molecule has 1 aliphatic rings. The summed E-state index contributed by atoms with van der Waals surface area (Å²) in [5.74, 6) is -0.599. The molecule has 0 amide bonds. The molecule has 14 heavy (non-hydrogen) atoms. The molecule has 4 heteroatoms. The van der Waals surface area contributed by atoms with Crippen LogP contribution in [0.25, 0.3) is 0 Å². The molecule has 0 radical (unpaired) electrons. The van der Waals surface area contributed by atoms with Crippen LogP contribution in [0, 0.1) is 5.92 Å². The Balaban J connectivity index is 2.37. The van der Waals surface area contributed by atoms with Crippen LogP contribution in [0.3, 0.4) is 0 Å². The molecule has 0 aromatic heterocycles. The van der Waals surface area contributed by atoms with Gasteiger partial charge in [0.2, 0.25) is 0 Å². The Labute approximate surface area is 82.5 Å². The van der Waals surface area contributed by atoms with Crippen molar-refractivity contribution in [1.29, 1.82) is 0 Å². The quantitative estimate of drug-likeness (QED) is 0.663. The molecule has 1 saturated heterocycles. The van der Waals surface area contributed by atoms with Gasteiger partial charge in [-0.05, 0) is 12.1 Å². The molecule has 2 rings (SSSR count). The molecule has 2 atom stereocenters. The Hall–Kier alpha value is -1.08. The van der Waals surface area contributed by atoms with Crippen LogP contribution >= 0.6 is 7.37 Å². The summed E-state index contributed by atoms with van der Waals surface area (Å²) in [4.78, 5) is 11.2. The lowest BCUT2D eigenvalue weighted by Crippen LogP contribution is -2.05. The summed E-state index contributed by atoms with van der Waals surface area (Å²) < 4.78 is 17.2. The van der Waals surface area contributed by atoms with E-state index in [0.29, 0.717) is 11.5 Å². The van der Waals surface area contributed by atoms with Crippen LogP contribution in [0.15, 0.2) is 30.3 Å². The molecule has 1 heterocycles. The van der Waals surface area contributed by atoms with Crippen LogP contribution in [0.4, 0.5) is 0 Å². The molecule has 0 unspecified atom stereocenters. The van der Waals surface area contributed by atoms with E-state index in [2.05, 4.69) is 0 Å². The third kappa shape index (κ3) is 1.48. The van der Waals surface area contributed by atoms with Crippen molar-refractivity contribution in [2.45, 2.75) is 6.92 Å². The van der Waals surface area contributed by atoms with Crippen LogP contribution < -0.4 is 5.30 Å². The largest absolute Gasteiger partial charge is 0.408 e. The summed E-state index contributed by atoms with van der Waals surface area (Å²) in [6, 6.07) is 8.92. The standard InChI is InChI=1S/C10H11O3P/c1-8-7-14(12,13-10(8)11)9-5-3-2-4-6-9/h2-6,8H,7H2,1H3/t8-,14-/m0/s1. The first-order valence-electron chi connectivity index (χ1n) is 4.50. The number of rotatable bonds is 1. The Morgan fingerprint density at radius 1 is 1.36 bits per heavy atom. The average molecular weight is 210 g/mol. The van der Waals surface area contributed by atoms with E-state index in [0.717, 1.165) is 0 Å². The van der Waals surface area contributed by atoms with Crippen molar-refractivity contribution >= 4 is 18.6 Å². The van der Waals surface area contributed by atoms with Gasteiger partial charge in [0.05, 0.1) is 12.1 Å². The van der Waals surface area contributed by atoms with Crippen molar-refractivity contribution in [3.05, 3.63) is 30.3 Å². The molecule has 1 aromatic carbocycles. The van der Waals surface area contributed by atoms with Gasteiger partial charge in [-0.2, -0.15) is 0 Å². The lowest BCUT2D eigenvalue weighted by Gasteiger charge is -2.09. The second-order valence-electron chi connectivity index (χ2n) is 3.50. The Morgan fingerprint density at radius 3 is 2.50 bits per heavy atom. The van der Waals surface area contributed by atoms with Crippen LogP contribution in [0.1, 0.15) is 6.92 Å². The van der Waals surface area contributed by atoms with E-state index in [1.165, 1.54) is 0 Å². The minimum Gasteiger partial charge on any atom is -0.408 e. The lowest BCUT2D eigenvalue weighted by molar-refractivity contribution is -0.135. The van der Waals surface area contributed by atoms with Crippen molar-refractivity contribution in [1.82, 2.24) is 0 Å². The maximum absolute atomic E-state index is 12.2. The SMILES string of the molecule is C[C@H]1C[P@@](=O)(c2ccccc2)OC1=O. The van der Waals surface area contributed by atoms with Gasteiger partial charge in [0.15, 0.2) is 0 Å². The highest BCUT2D eigenvalue weighted by molar-refractivity contribution is 7.67. The van der Waals surface area contributed by atoms with Crippen molar-refractivity contribution in [3.63, 3.8) is 0 Å². The predicted molar refractivity (Wildman–Crippen MR) is 53.8 cm³/mol. The first kappa shape index (κ1) is 9.47. The van der Waals surface area contributed by atoms with Gasteiger partial charge in [-0.1, -0.05) is 25.1 Å². The summed E-state index contributed by atoms with van der Waals surface area (Å²) in [5.41, 5.74) is 0. The Bertz CT molecular complexity index is 399. The minimum atomic E-state index is -2.88. The summed E-state index contributed by atoms with van der Waals surface area (Å²) in [6.07, 6.45) is 0.329. The number of benzene rings is 1. The molecule has 0 N–H and O–H groups in total. The Kier molecular flexibility index (Phi) is 2.20. The van der Waals surface area contributed by atoms with Gasteiger partial charge < -0.3 is 4.52 Å². The van der Waals surface area contributed by atoms with Crippen LogP contribution in [0.2, 0.25) is 0 Å². The smallest absolute Gasteiger partial charge is 0.314 e. The summed E-state index contributed by atoms with van der Waals surface area (Å²) in [7, 11) is -2.88. The third-order valence-corrected chi connectivity index (χ3v) is 4.89. The first-order valence-corrected chi connectivity index (χ1v) is 6.31. The molecule has 1 aliphatic heterocycles. The maximum Gasteiger partial charge on any atom is 0.314 e. The van der Waals surface area contributed by atoms with Crippen LogP contribution in [-0.4, -0.2) is 12.1 Å². The third-order valence-electron chi connectivity index (χ3n) is 2.30. The van der Waals surface area contributed by atoms with Gasteiger partial charge in [0, 0.05) is 5.30 Å². The van der Waals surface area contributed by atoms with Gasteiger partial charge in [0.1, 0.15) is 0 Å². The van der Waals surface area contributed by atoms with Gasteiger partial charge in [-0.3, -0.25) is 9.36 Å². The van der Waals surface area contributed by atoms with E-state index >= 15 is 0 Å². The van der Waals surface area contributed by atoms with E-state index < -0.39 is 7.37 Å². The normalized spacial score (nSPS) is 31.5. The zero-order valence-electron chi connectivity index (χ0n) is 7.84. The minimum absolute atomic E-state index is 0.249. The fourth-order valence-electron chi connectivity index (χ4n) is 1.52. The van der Waals surface area contributed by atoms with Crippen LogP contribution in [-0.2, 0) is 13.9 Å². The van der Waals surface area contributed by atoms with Gasteiger partial charge in [-0.15, -0.1) is 0 Å². The maximum atomic E-state index is 12.2. The fraction of sp³-hybridized carbons (Fsp3) is 0.300. The number of carbonyl (C=O) groups is 1. The molecule has 0 saturated carbocycles. The molecule has 1 aromatic rings. The average Bonchev–Trinajstić information content (AvgIpc) is 2.44. The van der Waals surface area contributed by atoms with Crippen molar-refractivity contribution < 1.29 is 13.9 Å². The number of hydrogen-bond acceptors (Lipinski definition) is 3. The topological polar surface area (TPSA) is 43.4 Å². The highest BCUT2D eigenvalue weighted by Gasteiger charge is 2.41. The first-order chi connectivity index (χ1) is 6.62. The van der Waals surface area contributed by atoms with Crippen molar-refractivity contribution in [2.75, 3.05) is 6.16 Å². The van der Waals surface area contributed by atoms with E-state index in [9.17, 15) is 9.36 Å². The van der Waals surface area contributed by atoms with Gasteiger partial charge >= 0.3 is 5.97 Å². The van der Waals surface area contributed by atoms with Crippen molar-refractivity contribution in [2.24, 2.45) is 5.92 Å². The highest BCUT2D eigenvalue weighted by Crippen LogP contribution is 2.52. The molecule has 0 bridgehead atoms. The van der Waals surface area contributed by atoms with Crippen LogP contribution in [0.5, 0.6) is 0 Å². The number of carbonyl (C=O) groups excluding carboxylic acids is 1. The molecule has 0 spiro atoms. The fourth-order valence-corrected chi connectivity index (χ4v) is 3.88. The Morgan fingerprint density at radius 2 is 2.00 bits per heavy atom. The molecule has 1 fully saturated rings. The lowest BCUT2D eigenvalue weighted by atomic mass is 10.2. The molecule has 74 valence electrons. The molecule has 3 nitrogen and oxygen atoms in total. The molecule has 0 aliphatic carbocycles. The predicted octanol–water partition coefficient (Wildman–Crippen LogP) is 1.78. The van der Waals surface area contributed by atoms with Gasteiger partial charge in [0.25, 0.3) is 7.37 Å². The summed E-state index contributed by atoms with van der Waals surface area (Å²) in [5, 5.41) is 0.637. The second-order valence-corrected chi connectivity index (χ2v) is 5.91. The van der Waals surface area contributed by atoms with Gasteiger partial charge in [-0.25, -0.2) is 0 Å². The van der Waals surface area contributed by atoms with E-state index in [-0.39, 0.29) is 11.9 Å². The van der Waals surface area contributed by atoms with Crippen molar-refractivity contribution in [3.8, 4) is 0 Å². The van der Waals surface area contributed by atoms with E-state index in [1.807, 2.05) is 6.07 Å². The van der Waals surface area contributed by atoms with E-state index in [4.69, 9.17) is 4.52 Å².